The smallest absolute Gasteiger partial charge is 0.159 e. The molecule has 0 fully saturated rings. The molecule has 0 N–H and O–H groups in total. The van der Waals surface area contributed by atoms with Crippen molar-refractivity contribution in [1.29, 1.82) is 0 Å². The zero-order valence-corrected chi connectivity index (χ0v) is 34.6. The first-order valence-corrected chi connectivity index (χ1v) is 21.9. The molecule has 0 aliphatic carbocycles. The lowest BCUT2D eigenvalue weighted by Crippen LogP contribution is -2.10. The summed E-state index contributed by atoms with van der Waals surface area (Å²) in [6.07, 6.45) is 0. The summed E-state index contributed by atoms with van der Waals surface area (Å²) in [5, 5.41) is 14.5. The maximum absolute atomic E-state index is 6.83. The molecule has 0 radical (unpaired) electrons. The molecule has 14 rings (SSSR count). The summed E-state index contributed by atoms with van der Waals surface area (Å²) in [7, 11) is 0. The van der Waals surface area contributed by atoms with Gasteiger partial charge in [0, 0.05) is 49.4 Å². The average molecular weight is 816 g/mol. The average Bonchev–Trinajstić information content (AvgIpc) is 4.03. The number of aromatic nitrogens is 2. The molecule has 0 saturated carbocycles. The van der Waals surface area contributed by atoms with Crippen LogP contribution >= 0.6 is 0 Å². The van der Waals surface area contributed by atoms with Crippen molar-refractivity contribution in [3.8, 4) is 11.4 Å². The molecule has 64 heavy (non-hydrogen) atoms. The number of benzene rings is 11. The largest absolute Gasteiger partial charge is 0.454 e. The maximum atomic E-state index is 6.83. The summed E-state index contributed by atoms with van der Waals surface area (Å²) in [4.78, 5) is 2.40. The number of nitrogens with zero attached hydrogens (tertiary/aromatic N) is 3. The summed E-state index contributed by atoms with van der Waals surface area (Å²) in [6, 6.07) is 81.5. The third kappa shape index (κ3) is 4.93. The lowest BCUT2D eigenvalue weighted by molar-refractivity contribution is 0.669. The molecular formula is C60H37N3O. The zero-order chi connectivity index (χ0) is 41.9. The van der Waals surface area contributed by atoms with Crippen molar-refractivity contribution in [2.75, 3.05) is 4.90 Å². The molecular weight excluding hydrogens is 779 g/mol. The van der Waals surface area contributed by atoms with Gasteiger partial charge in [0.1, 0.15) is 5.58 Å². The van der Waals surface area contributed by atoms with Crippen LogP contribution in [-0.2, 0) is 0 Å². The number of fused-ring (bicyclic) bond motifs is 15. The Kier molecular flexibility index (Phi) is 7.36. The second-order valence-corrected chi connectivity index (χ2v) is 16.8. The van der Waals surface area contributed by atoms with E-state index >= 15 is 0 Å². The van der Waals surface area contributed by atoms with Gasteiger partial charge in [-0.05, 0) is 105 Å². The van der Waals surface area contributed by atoms with Crippen LogP contribution < -0.4 is 4.90 Å². The number of rotatable bonds is 5. The molecule has 298 valence electrons. The zero-order valence-electron chi connectivity index (χ0n) is 34.6. The van der Waals surface area contributed by atoms with E-state index in [-0.39, 0.29) is 0 Å². The SMILES string of the molecule is c1ccc(-n2c3ccccc3c3c(-n4c5ccccc5c5ccc(N(c6ccc7c8ccccc8c8ccccc8c7c6)c6cccc7c6oc6ccccc67)cc54)cccc32)cc1. The Hall–Kier alpha value is -8.60. The van der Waals surface area contributed by atoms with Gasteiger partial charge in [0.15, 0.2) is 5.58 Å². The van der Waals surface area contributed by atoms with E-state index in [0.717, 1.165) is 61.4 Å². The highest BCUT2D eigenvalue weighted by Crippen LogP contribution is 2.47. The fourth-order valence-electron chi connectivity index (χ4n) is 10.8. The minimum Gasteiger partial charge on any atom is -0.454 e. The van der Waals surface area contributed by atoms with E-state index in [9.17, 15) is 0 Å². The molecule has 4 heteroatoms. The van der Waals surface area contributed by atoms with E-state index in [0.29, 0.717) is 0 Å². The van der Waals surface area contributed by atoms with Gasteiger partial charge in [0.05, 0.1) is 33.4 Å². The Morgan fingerprint density at radius 1 is 0.312 bits per heavy atom. The molecule has 4 nitrogen and oxygen atoms in total. The Bertz CT molecular complexity index is 4170. The molecule has 0 amide bonds. The van der Waals surface area contributed by atoms with Crippen molar-refractivity contribution in [1.82, 2.24) is 9.13 Å². The lowest BCUT2D eigenvalue weighted by atomic mass is 9.94. The van der Waals surface area contributed by atoms with Crippen molar-refractivity contribution < 1.29 is 4.42 Å². The van der Waals surface area contributed by atoms with E-state index < -0.39 is 0 Å². The molecule has 0 aliphatic rings. The van der Waals surface area contributed by atoms with Crippen molar-refractivity contribution in [3.05, 3.63) is 224 Å². The van der Waals surface area contributed by atoms with Gasteiger partial charge in [-0.15, -0.1) is 0 Å². The first-order valence-electron chi connectivity index (χ1n) is 21.9. The first-order chi connectivity index (χ1) is 31.8. The maximum Gasteiger partial charge on any atom is 0.159 e. The Morgan fingerprint density at radius 2 is 0.828 bits per heavy atom. The van der Waals surface area contributed by atoms with Crippen molar-refractivity contribution in [3.63, 3.8) is 0 Å². The van der Waals surface area contributed by atoms with Crippen LogP contribution in [0, 0.1) is 0 Å². The highest BCUT2D eigenvalue weighted by molar-refractivity contribution is 6.26. The van der Waals surface area contributed by atoms with E-state index in [2.05, 4.69) is 232 Å². The fraction of sp³-hybridized carbons (Fsp3) is 0. The number of anilines is 3. The number of furan rings is 1. The standard InChI is InChI=1S/C60H37N3O/c1-2-16-38(17-3-1)62-53-27-12-9-24-50(53)59-54(62)28-15-29-55(59)63-52-26-11-8-22-46(52)47-35-33-40(37-57(47)63)61(56-30-14-25-49-48-23-10-13-31-58(48)64-60(49)56)39-32-34-45-43-20-5-4-18-41(43)42-19-6-7-21-44(42)51(45)36-39/h1-37H. The number of para-hydroxylation sites is 5. The number of hydrogen-bond donors (Lipinski definition) is 0. The molecule has 14 aromatic rings. The van der Waals surface area contributed by atoms with Crippen LogP contribution in [0.1, 0.15) is 0 Å². The Balaban J connectivity index is 1.08. The monoisotopic (exact) mass is 815 g/mol. The summed E-state index contributed by atoms with van der Waals surface area (Å²) in [5.74, 6) is 0. The van der Waals surface area contributed by atoms with Gasteiger partial charge in [-0.2, -0.15) is 0 Å². The summed E-state index contributed by atoms with van der Waals surface area (Å²) in [5.41, 5.74) is 11.7. The molecule has 0 spiro atoms. The summed E-state index contributed by atoms with van der Waals surface area (Å²) >= 11 is 0. The molecule has 0 unspecified atom stereocenters. The molecule has 3 heterocycles. The molecule has 0 saturated heterocycles. The van der Waals surface area contributed by atoms with Gasteiger partial charge in [-0.3, -0.25) is 0 Å². The highest BCUT2D eigenvalue weighted by atomic mass is 16.3. The molecule has 0 bridgehead atoms. The van der Waals surface area contributed by atoms with Gasteiger partial charge < -0.3 is 18.5 Å². The molecule has 3 aromatic heterocycles. The highest BCUT2D eigenvalue weighted by Gasteiger charge is 2.24. The Morgan fingerprint density at radius 3 is 1.58 bits per heavy atom. The fourth-order valence-corrected chi connectivity index (χ4v) is 10.8. The summed E-state index contributed by atoms with van der Waals surface area (Å²) in [6.45, 7) is 0. The van der Waals surface area contributed by atoms with E-state index in [1.807, 2.05) is 6.07 Å². The van der Waals surface area contributed by atoms with Gasteiger partial charge in [0.2, 0.25) is 0 Å². The van der Waals surface area contributed by atoms with Crippen molar-refractivity contribution >= 4 is 115 Å². The van der Waals surface area contributed by atoms with Crippen LogP contribution in [-0.4, -0.2) is 9.13 Å². The normalized spacial score (nSPS) is 12.1. The minimum absolute atomic E-state index is 0.853. The van der Waals surface area contributed by atoms with Gasteiger partial charge in [0.25, 0.3) is 0 Å². The van der Waals surface area contributed by atoms with Crippen LogP contribution in [0.3, 0.4) is 0 Å². The summed E-state index contributed by atoms with van der Waals surface area (Å²) < 4.78 is 11.7. The van der Waals surface area contributed by atoms with Crippen molar-refractivity contribution in [2.24, 2.45) is 0 Å². The molecule has 0 aliphatic heterocycles. The third-order valence-corrected chi connectivity index (χ3v) is 13.5. The van der Waals surface area contributed by atoms with E-state index in [1.54, 1.807) is 0 Å². The molecule has 0 atom stereocenters. The topological polar surface area (TPSA) is 26.2 Å². The van der Waals surface area contributed by atoms with Gasteiger partial charge in [-0.25, -0.2) is 0 Å². The lowest BCUT2D eigenvalue weighted by Gasteiger charge is -2.26. The second kappa shape index (κ2) is 13.4. The van der Waals surface area contributed by atoms with E-state index in [1.165, 1.54) is 64.9 Å². The Labute approximate surface area is 367 Å². The predicted octanol–water partition coefficient (Wildman–Crippen LogP) is 16.7. The predicted molar refractivity (Wildman–Crippen MR) is 270 cm³/mol. The van der Waals surface area contributed by atoms with Crippen LogP contribution in [0.15, 0.2) is 229 Å². The van der Waals surface area contributed by atoms with Crippen LogP contribution in [0.5, 0.6) is 0 Å². The van der Waals surface area contributed by atoms with Gasteiger partial charge in [-0.1, -0.05) is 152 Å². The first kappa shape index (κ1) is 35.0. The quantitative estimate of drug-likeness (QED) is 0.162. The molecule has 11 aromatic carbocycles. The number of hydrogen-bond acceptors (Lipinski definition) is 2. The van der Waals surface area contributed by atoms with Crippen LogP contribution in [0.2, 0.25) is 0 Å². The minimum atomic E-state index is 0.853. The van der Waals surface area contributed by atoms with Gasteiger partial charge >= 0.3 is 0 Å². The second-order valence-electron chi connectivity index (χ2n) is 16.8. The van der Waals surface area contributed by atoms with Crippen molar-refractivity contribution in [2.45, 2.75) is 0 Å². The third-order valence-electron chi connectivity index (χ3n) is 13.5. The van der Waals surface area contributed by atoms with E-state index in [4.69, 9.17) is 4.42 Å². The van der Waals surface area contributed by atoms with Crippen LogP contribution in [0.25, 0.3) is 109 Å². The van der Waals surface area contributed by atoms with Crippen LogP contribution in [0.4, 0.5) is 17.1 Å².